The molecule has 1 atom stereocenters. The average Bonchev–Trinajstić information content (AvgIpc) is 3.04. The fraction of sp³-hybridized carbons (Fsp3) is 0.471. The summed E-state index contributed by atoms with van der Waals surface area (Å²) in [6, 6.07) is 4.06. The molecule has 2 aromatic heterocycles. The van der Waals surface area contributed by atoms with Gasteiger partial charge >= 0.3 is 0 Å². The number of carbonyl (C=O) groups is 1. The van der Waals surface area contributed by atoms with Crippen molar-refractivity contribution in [1.29, 1.82) is 0 Å². The molecule has 1 unspecified atom stereocenters. The number of ether oxygens (including phenoxy) is 1. The van der Waals surface area contributed by atoms with Gasteiger partial charge in [-0.05, 0) is 37.8 Å². The first-order valence-corrected chi connectivity index (χ1v) is 7.93. The van der Waals surface area contributed by atoms with Crippen LogP contribution in [0.5, 0.6) is 0 Å². The number of nitrogens with zero attached hydrogens (tertiary/aromatic N) is 3. The first-order valence-electron chi connectivity index (χ1n) is 7.93. The van der Waals surface area contributed by atoms with E-state index in [4.69, 9.17) is 9.26 Å². The predicted octanol–water partition coefficient (Wildman–Crippen LogP) is 2.76. The van der Waals surface area contributed by atoms with Gasteiger partial charge in [0.2, 0.25) is 0 Å². The molecule has 2 heterocycles. The number of fused-ring (bicyclic) bond motifs is 1. The number of aryl methyl sites for hydroxylation is 1. The monoisotopic (exact) mass is 315 g/mol. The first kappa shape index (κ1) is 15.7. The molecule has 1 aliphatic rings. The van der Waals surface area contributed by atoms with Gasteiger partial charge < -0.3 is 14.2 Å². The van der Waals surface area contributed by atoms with Crippen molar-refractivity contribution in [1.82, 2.24) is 15.0 Å². The maximum absolute atomic E-state index is 13.0. The molecule has 1 amide bonds. The van der Waals surface area contributed by atoms with Crippen LogP contribution < -0.4 is 0 Å². The number of rotatable bonds is 5. The summed E-state index contributed by atoms with van der Waals surface area (Å²) >= 11 is 0. The summed E-state index contributed by atoms with van der Waals surface area (Å²) in [5.74, 6) is -0.0793. The van der Waals surface area contributed by atoms with E-state index in [0.717, 1.165) is 25.0 Å². The summed E-state index contributed by atoms with van der Waals surface area (Å²) in [4.78, 5) is 19.4. The summed E-state index contributed by atoms with van der Waals surface area (Å²) < 4.78 is 10.1. The Labute approximate surface area is 135 Å². The lowest BCUT2D eigenvalue weighted by molar-refractivity contribution is 0.0660. The van der Waals surface area contributed by atoms with Crippen molar-refractivity contribution >= 4 is 5.91 Å². The second kappa shape index (κ2) is 6.91. The van der Waals surface area contributed by atoms with Crippen molar-refractivity contribution in [2.24, 2.45) is 0 Å². The lowest BCUT2D eigenvalue weighted by Gasteiger charge is -2.34. The van der Waals surface area contributed by atoms with Crippen LogP contribution in [0, 0.1) is 0 Å². The molecule has 2 aromatic rings. The highest BCUT2D eigenvalue weighted by Crippen LogP contribution is 2.33. The molecular weight excluding hydrogens is 294 g/mol. The van der Waals surface area contributed by atoms with Gasteiger partial charge in [0.15, 0.2) is 0 Å². The number of hydrogen-bond acceptors (Lipinski definition) is 5. The number of hydrogen-bond donors (Lipinski definition) is 0. The van der Waals surface area contributed by atoms with E-state index >= 15 is 0 Å². The predicted molar refractivity (Wildman–Crippen MR) is 83.8 cm³/mol. The summed E-state index contributed by atoms with van der Waals surface area (Å²) in [6.07, 6.45) is 6.20. The minimum Gasteiger partial charge on any atom is -0.378 e. The Hall–Kier alpha value is -2.21. The Morgan fingerprint density at radius 3 is 3.17 bits per heavy atom. The average molecular weight is 315 g/mol. The maximum atomic E-state index is 13.0. The van der Waals surface area contributed by atoms with E-state index in [1.807, 2.05) is 17.9 Å². The highest BCUT2D eigenvalue weighted by Gasteiger charge is 2.31. The standard InChI is InChI=1S/C17H21N3O3/c1-3-20(17(21)13-10-23-19-14(13)11-22-2)15-8-4-6-12-7-5-9-18-16(12)15/h5,7,9-10,15H,3-4,6,8,11H2,1-2H3. The van der Waals surface area contributed by atoms with Gasteiger partial charge in [0, 0.05) is 19.9 Å². The van der Waals surface area contributed by atoms with Crippen molar-refractivity contribution in [3.8, 4) is 0 Å². The number of amides is 1. The molecular formula is C17H21N3O3. The Bertz CT molecular complexity index is 683. The number of pyridine rings is 1. The Morgan fingerprint density at radius 2 is 2.39 bits per heavy atom. The van der Waals surface area contributed by atoms with E-state index in [2.05, 4.69) is 16.2 Å². The third kappa shape index (κ3) is 2.99. The van der Waals surface area contributed by atoms with Gasteiger partial charge in [-0.1, -0.05) is 11.2 Å². The highest BCUT2D eigenvalue weighted by molar-refractivity contribution is 5.95. The van der Waals surface area contributed by atoms with E-state index in [-0.39, 0.29) is 18.6 Å². The van der Waals surface area contributed by atoms with Gasteiger partial charge in [0.05, 0.1) is 18.3 Å². The molecule has 122 valence electrons. The van der Waals surface area contributed by atoms with Gasteiger partial charge in [-0.25, -0.2) is 0 Å². The zero-order chi connectivity index (χ0) is 16.2. The van der Waals surface area contributed by atoms with Crippen LogP contribution in [0.2, 0.25) is 0 Å². The summed E-state index contributed by atoms with van der Waals surface area (Å²) in [6.45, 7) is 2.85. The number of carbonyl (C=O) groups excluding carboxylic acids is 1. The SMILES string of the molecule is CCN(C(=O)c1conc1COC)C1CCCc2cccnc21. The quantitative estimate of drug-likeness (QED) is 0.848. The lowest BCUT2D eigenvalue weighted by atomic mass is 9.90. The first-order chi connectivity index (χ1) is 11.3. The zero-order valence-corrected chi connectivity index (χ0v) is 13.5. The Morgan fingerprint density at radius 1 is 1.52 bits per heavy atom. The van der Waals surface area contributed by atoms with Crippen molar-refractivity contribution in [2.75, 3.05) is 13.7 Å². The molecule has 0 spiro atoms. The summed E-state index contributed by atoms with van der Waals surface area (Å²) in [7, 11) is 1.57. The molecule has 0 aromatic carbocycles. The number of methoxy groups -OCH3 is 1. The van der Waals surface area contributed by atoms with Crippen LogP contribution in [-0.4, -0.2) is 34.6 Å². The lowest BCUT2D eigenvalue weighted by Crippen LogP contribution is -2.37. The van der Waals surface area contributed by atoms with Crippen LogP contribution in [0.25, 0.3) is 0 Å². The Kier molecular flexibility index (Phi) is 4.71. The van der Waals surface area contributed by atoms with Gasteiger partial charge in [-0.15, -0.1) is 0 Å². The van der Waals surface area contributed by atoms with Crippen molar-refractivity contribution in [3.63, 3.8) is 0 Å². The van der Waals surface area contributed by atoms with Crippen molar-refractivity contribution < 1.29 is 14.1 Å². The third-order valence-corrected chi connectivity index (χ3v) is 4.30. The molecule has 0 aliphatic heterocycles. The molecule has 23 heavy (non-hydrogen) atoms. The van der Waals surface area contributed by atoms with E-state index in [1.165, 1.54) is 11.8 Å². The van der Waals surface area contributed by atoms with Crippen molar-refractivity contribution in [2.45, 2.75) is 38.8 Å². The molecule has 0 radical (unpaired) electrons. The van der Waals surface area contributed by atoms with Gasteiger partial charge in [0.1, 0.15) is 17.5 Å². The van der Waals surface area contributed by atoms with Crippen LogP contribution in [0.1, 0.15) is 53.1 Å². The molecule has 6 nitrogen and oxygen atoms in total. The van der Waals surface area contributed by atoms with Gasteiger partial charge in [-0.2, -0.15) is 0 Å². The molecule has 0 N–H and O–H groups in total. The molecule has 0 saturated carbocycles. The second-order valence-corrected chi connectivity index (χ2v) is 5.65. The summed E-state index contributed by atoms with van der Waals surface area (Å²) in [5, 5.41) is 3.87. The second-order valence-electron chi connectivity index (χ2n) is 5.65. The van der Waals surface area contributed by atoms with E-state index in [0.29, 0.717) is 17.8 Å². The van der Waals surface area contributed by atoms with Gasteiger partial charge in [-0.3, -0.25) is 9.78 Å². The Balaban J connectivity index is 1.91. The fourth-order valence-electron chi connectivity index (χ4n) is 3.22. The number of aromatic nitrogens is 2. The largest absolute Gasteiger partial charge is 0.378 e. The highest BCUT2D eigenvalue weighted by atomic mass is 16.5. The summed E-state index contributed by atoms with van der Waals surface area (Å²) in [5.41, 5.74) is 3.25. The maximum Gasteiger partial charge on any atom is 0.259 e. The minimum absolute atomic E-state index is 0.00254. The minimum atomic E-state index is -0.0793. The topological polar surface area (TPSA) is 68.5 Å². The van der Waals surface area contributed by atoms with Crippen LogP contribution in [0.4, 0.5) is 0 Å². The van der Waals surface area contributed by atoms with Crippen LogP contribution in [-0.2, 0) is 17.8 Å². The molecule has 0 fully saturated rings. The van der Waals surface area contributed by atoms with E-state index < -0.39 is 0 Å². The smallest absolute Gasteiger partial charge is 0.259 e. The van der Waals surface area contributed by atoms with E-state index in [9.17, 15) is 4.79 Å². The molecule has 3 rings (SSSR count). The van der Waals surface area contributed by atoms with Crippen LogP contribution >= 0.6 is 0 Å². The normalized spacial score (nSPS) is 16.9. The van der Waals surface area contributed by atoms with Crippen molar-refractivity contribution in [3.05, 3.63) is 47.1 Å². The molecule has 0 bridgehead atoms. The van der Waals surface area contributed by atoms with Crippen LogP contribution in [0.3, 0.4) is 0 Å². The van der Waals surface area contributed by atoms with Gasteiger partial charge in [0.25, 0.3) is 5.91 Å². The zero-order valence-electron chi connectivity index (χ0n) is 13.5. The van der Waals surface area contributed by atoms with E-state index in [1.54, 1.807) is 13.3 Å². The molecule has 1 aliphatic carbocycles. The van der Waals surface area contributed by atoms with Crippen LogP contribution in [0.15, 0.2) is 29.1 Å². The molecule has 0 saturated heterocycles. The molecule has 6 heteroatoms. The third-order valence-electron chi connectivity index (χ3n) is 4.30. The fourth-order valence-corrected chi connectivity index (χ4v) is 3.22.